The second kappa shape index (κ2) is 2.38. The Morgan fingerprint density at radius 1 is 1.60 bits per heavy atom. The molecule has 56 valence electrons. The highest BCUT2D eigenvalue weighted by atomic mass is 35.5. The van der Waals surface area contributed by atoms with Gasteiger partial charge in [0, 0.05) is 11.5 Å². The van der Waals surface area contributed by atoms with Gasteiger partial charge in [-0.25, -0.2) is 0 Å². The van der Waals surface area contributed by atoms with Crippen LogP contribution in [0.4, 0.5) is 0 Å². The van der Waals surface area contributed by atoms with E-state index in [4.69, 9.17) is 23.1 Å². The van der Waals surface area contributed by atoms with Crippen molar-refractivity contribution in [2.45, 2.75) is 19.0 Å². The van der Waals surface area contributed by atoms with Crippen LogP contribution in [0.15, 0.2) is 22.8 Å². The van der Waals surface area contributed by atoms with Gasteiger partial charge in [-0.3, -0.25) is 0 Å². The fourth-order valence-corrected chi connectivity index (χ4v) is 1.13. The molecular formula is C7H11ClN2. The summed E-state index contributed by atoms with van der Waals surface area (Å²) < 4.78 is 0. The van der Waals surface area contributed by atoms with Crippen LogP contribution in [0.2, 0.25) is 0 Å². The largest absolute Gasteiger partial charge is 0.310 e. The van der Waals surface area contributed by atoms with Gasteiger partial charge in [-0.2, -0.15) is 0 Å². The van der Waals surface area contributed by atoms with E-state index < -0.39 is 5.66 Å². The van der Waals surface area contributed by atoms with Crippen LogP contribution in [0.25, 0.3) is 0 Å². The molecule has 0 radical (unpaired) electrons. The normalized spacial score (nSPS) is 23.6. The number of halogens is 1. The van der Waals surface area contributed by atoms with Gasteiger partial charge in [0.1, 0.15) is 0 Å². The molecule has 3 heteroatoms. The van der Waals surface area contributed by atoms with Crippen LogP contribution in [-0.2, 0) is 0 Å². The lowest BCUT2D eigenvalue weighted by molar-refractivity contribution is 0.549. The first-order chi connectivity index (χ1) is 4.51. The maximum atomic E-state index is 5.82. The molecule has 0 atom stereocenters. The fourth-order valence-electron chi connectivity index (χ4n) is 0.838. The maximum Gasteiger partial charge on any atom is 0.0881 e. The Morgan fingerprint density at radius 3 is 2.60 bits per heavy atom. The molecule has 1 rings (SSSR count). The van der Waals surface area contributed by atoms with Crippen LogP contribution in [0, 0.1) is 0 Å². The van der Waals surface area contributed by atoms with Gasteiger partial charge < -0.3 is 11.5 Å². The maximum absolute atomic E-state index is 5.82. The molecule has 4 N–H and O–H groups in total. The molecule has 0 unspecified atom stereocenters. The predicted molar refractivity (Wildman–Crippen MR) is 43.4 cm³/mol. The van der Waals surface area contributed by atoms with E-state index in [0.29, 0.717) is 6.42 Å². The highest BCUT2D eigenvalue weighted by Crippen LogP contribution is 2.24. The van der Waals surface area contributed by atoms with E-state index in [1.165, 1.54) is 0 Å². The topological polar surface area (TPSA) is 52.0 Å². The summed E-state index contributed by atoms with van der Waals surface area (Å²) in [6, 6.07) is 0. The average Bonchev–Trinajstić information content (AvgIpc) is 1.79. The van der Waals surface area contributed by atoms with Crippen molar-refractivity contribution in [2.24, 2.45) is 11.5 Å². The first-order valence-electron chi connectivity index (χ1n) is 3.13. The van der Waals surface area contributed by atoms with Gasteiger partial charge in [-0.15, -0.1) is 0 Å². The summed E-state index contributed by atoms with van der Waals surface area (Å²) in [5.74, 6) is 0. The Balaban J connectivity index is 2.85. The van der Waals surface area contributed by atoms with Gasteiger partial charge in [0.2, 0.25) is 0 Å². The summed E-state index contributed by atoms with van der Waals surface area (Å²) in [6.45, 7) is 1.94. The minimum atomic E-state index is -0.739. The molecule has 0 aromatic heterocycles. The number of nitrogens with two attached hydrogens (primary N) is 2. The van der Waals surface area contributed by atoms with Crippen molar-refractivity contribution in [1.29, 1.82) is 0 Å². The molecule has 0 heterocycles. The number of rotatable bonds is 0. The van der Waals surface area contributed by atoms with Crippen LogP contribution in [0.5, 0.6) is 0 Å². The lowest BCUT2D eigenvalue weighted by atomic mass is 9.99. The summed E-state index contributed by atoms with van der Waals surface area (Å²) in [5.41, 5.74) is 11.5. The fraction of sp³-hybridized carbons (Fsp3) is 0.429. The SMILES string of the molecule is CC1=C(Cl)CC(N)(N)C=C1. The highest BCUT2D eigenvalue weighted by molar-refractivity contribution is 6.30. The van der Waals surface area contributed by atoms with Gasteiger partial charge in [-0.1, -0.05) is 17.7 Å². The van der Waals surface area contributed by atoms with Gasteiger partial charge in [0.05, 0.1) is 5.66 Å². The van der Waals surface area contributed by atoms with Crippen LogP contribution in [0.3, 0.4) is 0 Å². The minimum absolute atomic E-state index is 0.539. The van der Waals surface area contributed by atoms with Crippen molar-refractivity contribution in [3.05, 3.63) is 22.8 Å². The molecule has 1 aliphatic rings. The Bertz CT molecular complexity index is 204. The third kappa shape index (κ3) is 1.59. The zero-order chi connectivity index (χ0) is 7.78. The summed E-state index contributed by atoms with van der Waals surface area (Å²) >= 11 is 5.82. The Labute approximate surface area is 65.5 Å². The standard InChI is InChI=1S/C7H11ClN2/c1-5-2-3-7(9,10)4-6(5)8/h2-3H,4,9-10H2,1H3. The van der Waals surface area contributed by atoms with Crippen molar-refractivity contribution < 1.29 is 0 Å². The third-order valence-electron chi connectivity index (χ3n) is 1.53. The van der Waals surface area contributed by atoms with Crippen molar-refractivity contribution in [3.8, 4) is 0 Å². The summed E-state index contributed by atoms with van der Waals surface area (Å²) in [5, 5.41) is 0.757. The van der Waals surface area contributed by atoms with E-state index in [0.717, 1.165) is 10.6 Å². The van der Waals surface area contributed by atoms with Crippen molar-refractivity contribution in [2.75, 3.05) is 0 Å². The monoisotopic (exact) mass is 158 g/mol. The quantitative estimate of drug-likeness (QED) is 0.519. The molecule has 0 bridgehead atoms. The van der Waals surface area contributed by atoms with Gasteiger partial charge in [0.15, 0.2) is 0 Å². The van der Waals surface area contributed by atoms with Crippen LogP contribution < -0.4 is 11.5 Å². The highest BCUT2D eigenvalue weighted by Gasteiger charge is 2.20. The minimum Gasteiger partial charge on any atom is -0.310 e. The van der Waals surface area contributed by atoms with E-state index in [1.54, 1.807) is 6.08 Å². The third-order valence-corrected chi connectivity index (χ3v) is 1.96. The average molecular weight is 159 g/mol. The molecule has 0 aromatic carbocycles. The van der Waals surface area contributed by atoms with Crippen LogP contribution >= 0.6 is 11.6 Å². The van der Waals surface area contributed by atoms with Crippen LogP contribution in [0.1, 0.15) is 13.3 Å². The first-order valence-corrected chi connectivity index (χ1v) is 3.51. The van der Waals surface area contributed by atoms with E-state index in [1.807, 2.05) is 13.0 Å². The van der Waals surface area contributed by atoms with Gasteiger partial charge in [-0.05, 0) is 18.6 Å². The molecule has 2 nitrogen and oxygen atoms in total. The zero-order valence-electron chi connectivity index (χ0n) is 5.89. The lowest BCUT2D eigenvalue weighted by Gasteiger charge is -2.23. The van der Waals surface area contributed by atoms with Crippen molar-refractivity contribution >= 4 is 11.6 Å². The molecular weight excluding hydrogens is 148 g/mol. The molecule has 0 amide bonds. The number of hydrogen-bond donors (Lipinski definition) is 2. The molecule has 0 saturated carbocycles. The van der Waals surface area contributed by atoms with Crippen molar-refractivity contribution in [1.82, 2.24) is 0 Å². The molecule has 10 heavy (non-hydrogen) atoms. The number of hydrogen-bond acceptors (Lipinski definition) is 2. The summed E-state index contributed by atoms with van der Waals surface area (Å²) in [7, 11) is 0. The second-order valence-corrected chi connectivity index (χ2v) is 3.17. The molecule has 0 spiro atoms. The van der Waals surface area contributed by atoms with Crippen molar-refractivity contribution in [3.63, 3.8) is 0 Å². The molecule has 0 saturated heterocycles. The van der Waals surface area contributed by atoms with Gasteiger partial charge in [0.25, 0.3) is 0 Å². The van der Waals surface area contributed by atoms with E-state index in [2.05, 4.69) is 0 Å². The Kier molecular flexibility index (Phi) is 1.86. The zero-order valence-corrected chi connectivity index (χ0v) is 6.65. The predicted octanol–water partition coefficient (Wildman–Crippen LogP) is 1.07. The van der Waals surface area contributed by atoms with Gasteiger partial charge >= 0.3 is 0 Å². The van der Waals surface area contributed by atoms with E-state index >= 15 is 0 Å². The molecule has 0 fully saturated rings. The lowest BCUT2D eigenvalue weighted by Crippen LogP contribution is -2.48. The molecule has 0 aromatic rings. The summed E-state index contributed by atoms with van der Waals surface area (Å²) in [4.78, 5) is 0. The second-order valence-electron chi connectivity index (χ2n) is 2.71. The van der Waals surface area contributed by atoms with E-state index in [-0.39, 0.29) is 0 Å². The van der Waals surface area contributed by atoms with E-state index in [9.17, 15) is 0 Å². The first kappa shape index (κ1) is 7.79. The van der Waals surface area contributed by atoms with Crippen LogP contribution in [-0.4, -0.2) is 5.66 Å². The number of allylic oxidation sites excluding steroid dienone is 2. The molecule has 0 aliphatic heterocycles. The Hall–Kier alpha value is -0.310. The summed E-state index contributed by atoms with van der Waals surface area (Å²) in [6.07, 6.45) is 4.16. The smallest absolute Gasteiger partial charge is 0.0881 e. The molecule has 1 aliphatic carbocycles. The Morgan fingerprint density at radius 2 is 2.20 bits per heavy atom.